The summed E-state index contributed by atoms with van der Waals surface area (Å²) in [6.45, 7) is 11.4. The third-order valence-corrected chi connectivity index (χ3v) is 3.34. The van der Waals surface area contributed by atoms with E-state index >= 15 is 0 Å². The molecule has 0 saturated carbocycles. The Labute approximate surface area is 130 Å². The predicted octanol–water partition coefficient (Wildman–Crippen LogP) is 5.68. The second-order valence-electron chi connectivity index (χ2n) is 4.72. The Balaban J connectivity index is 3.39. The van der Waals surface area contributed by atoms with Crippen molar-refractivity contribution in [3.05, 3.63) is 78.4 Å². The lowest BCUT2D eigenvalue weighted by Gasteiger charge is -2.10. The van der Waals surface area contributed by atoms with E-state index in [2.05, 4.69) is 13.2 Å². The van der Waals surface area contributed by atoms with Gasteiger partial charge in [-0.25, -0.2) is 0 Å². The topological polar surface area (TPSA) is 26.0 Å². The van der Waals surface area contributed by atoms with E-state index in [4.69, 9.17) is 5.73 Å². The van der Waals surface area contributed by atoms with Crippen LogP contribution in [0.15, 0.2) is 72.2 Å². The van der Waals surface area contributed by atoms with Gasteiger partial charge in [0, 0.05) is 11.3 Å². The first-order valence-electron chi connectivity index (χ1n) is 6.52. The van der Waals surface area contributed by atoms with Gasteiger partial charge in [0.25, 0.3) is 0 Å². The van der Waals surface area contributed by atoms with Crippen LogP contribution in [0.2, 0.25) is 0 Å². The second kappa shape index (κ2) is 8.32. The second-order valence-corrected chi connectivity index (χ2v) is 5.31. The highest BCUT2D eigenvalue weighted by Gasteiger charge is 2.08. The van der Waals surface area contributed by atoms with E-state index in [0.717, 1.165) is 16.7 Å². The van der Waals surface area contributed by atoms with Crippen LogP contribution < -0.4 is 5.73 Å². The van der Waals surface area contributed by atoms with E-state index in [1.807, 2.05) is 38.1 Å². The highest BCUT2D eigenvalue weighted by molar-refractivity contribution is 7.94. The minimum atomic E-state index is 0.192. The standard InChI is InChI=1S/C18H20FNS/c1-5-7-14(6-2)15-9-11-18(21-19)16(12-15)17(20)10-8-13(3)4/h5-12H,1-2,20H2,3-4H3/b14-7+,17-10-. The lowest BCUT2D eigenvalue weighted by atomic mass is 10.0. The predicted molar refractivity (Wildman–Crippen MR) is 93.4 cm³/mol. The summed E-state index contributed by atoms with van der Waals surface area (Å²) >= 11 is 0.192. The maximum atomic E-state index is 13.1. The smallest absolute Gasteiger partial charge is 0.0819 e. The summed E-state index contributed by atoms with van der Waals surface area (Å²) in [6.07, 6.45) is 8.97. The van der Waals surface area contributed by atoms with Gasteiger partial charge >= 0.3 is 0 Å². The molecule has 21 heavy (non-hydrogen) atoms. The van der Waals surface area contributed by atoms with Crippen molar-refractivity contribution in [2.75, 3.05) is 0 Å². The summed E-state index contributed by atoms with van der Waals surface area (Å²) in [5.41, 5.74) is 10.2. The molecule has 110 valence electrons. The van der Waals surface area contributed by atoms with Gasteiger partial charge in [-0.1, -0.05) is 49.1 Å². The van der Waals surface area contributed by atoms with E-state index in [1.165, 1.54) is 0 Å². The van der Waals surface area contributed by atoms with Crippen molar-refractivity contribution >= 4 is 23.4 Å². The van der Waals surface area contributed by atoms with Gasteiger partial charge in [0.1, 0.15) is 0 Å². The van der Waals surface area contributed by atoms with Crippen molar-refractivity contribution < 1.29 is 3.89 Å². The van der Waals surface area contributed by atoms with Gasteiger partial charge in [0.05, 0.1) is 17.0 Å². The van der Waals surface area contributed by atoms with Gasteiger partial charge in [-0.15, -0.1) is 0 Å². The van der Waals surface area contributed by atoms with E-state index in [-0.39, 0.29) is 12.1 Å². The number of hydrogen-bond donors (Lipinski definition) is 1. The van der Waals surface area contributed by atoms with Crippen LogP contribution in [0.25, 0.3) is 11.3 Å². The molecule has 1 rings (SSSR count). The fraction of sp³-hybridized carbons (Fsp3) is 0.111. The van der Waals surface area contributed by atoms with Gasteiger partial charge < -0.3 is 5.73 Å². The van der Waals surface area contributed by atoms with Crippen LogP contribution in [0.1, 0.15) is 25.0 Å². The molecule has 0 aliphatic carbocycles. The summed E-state index contributed by atoms with van der Waals surface area (Å²) in [6, 6.07) is 5.43. The Kier molecular flexibility index (Phi) is 6.76. The minimum absolute atomic E-state index is 0.192. The fourth-order valence-corrected chi connectivity index (χ4v) is 2.14. The number of rotatable bonds is 6. The molecule has 0 heterocycles. The fourth-order valence-electron chi connectivity index (χ4n) is 1.76. The maximum Gasteiger partial charge on any atom is 0.0819 e. The van der Waals surface area contributed by atoms with E-state index in [9.17, 15) is 3.89 Å². The van der Waals surface area contributed by atoms with Crippen LogP contribution in [-0.2, 0) is 0 Å². The van der Waals surface area contributed by atoms with Crippen molar-refractivity contribution in [3.63, 3.8) is 0 Å². The Morgan fingerprint density at radius 1 is 1.19 bits per heavy atom. The summed E-state index contributed by atoms with van der Waals surface area (Å²) in [7, 11) is 0. The van der Waals surface area contributed by atoms with Crippen molar-refractivity contribution in [3.8, 4) is 0 Å². The first-order chi connectivity index (χ1) is 10.0. The number of benzene rings is 1. The van der Waals surface area contributed by atoms with Crippen molar-refractivity contribution in [2.24, 2.45) is 5.73 Å². The molecular weight excluding hydrogens is 281 g/mol. The Morgan fingerprint density at radius 2 is 1.90 bits per heavy atom. The third-order valence-electron chi connectivity index (χ3n) is 2.82. The minimum Gasteiger partial charge on any atom is -0.398 e. The van der Waals surface area contributed by atoms with Crippen LogP contribution in [0.5, 0.6) is 0 Å². The quantitative estimate of drug-likeness (QED) is 0.684. The Bertz CT molecular complexity index is 620. The van der Waals surface area contributed by atoms with Gasteiger partial charge in [-0.2, -0.15) is 3.89 Å². The molecule has 0 amide bonds. The summed E-state index contributed by atoms with van der Waals surface area (Å²) < 4.78 is 13.1. The van der Waals surface area contributed by atoms with Gasteiger partial charge in [-0.3, -0.25) is 0 Å². The van der Waals surface area contributed by atoms with Gasteiger partial charge in [0.15, 0.2) is 0 Å². The van der Waals surface area contributed by atoms with Crippen LogP contribution in [0.4, 0.5) is 3.89 Å². The zero-order valence-corrected chi connectivity index (χ0v) is 13.2. The third kappa shape index (κ3) is 4.80. The lowest BCUT2D eigenvalue weighted by molar-refractivity contribution is 0.933. The summed E-state index contributed by atoms with van der Waals surface area (Å²) in [4.78, 5) is 0.497. The molecule has 0 aromatic heterocycles. The zero-order valence-electron chi connectivity index (χ0n) is 12.4. The Hall–Kier alpha value is -2.00. The summed E-state index contributed by atoms with van der Waals surface area (Å²) in [5.74, 6) is 0. The highest BCUT2D eigenvalue weighted by Crippen LogP contribution is 2.30. The molecule has 0 atom stereocenters. The monoisotopic (exact) mass is 301 g/mol. The SMILES string of the molecule is C=C/C=C(\C=C)c1ccc(SF)c(/C(N)=C/C=C(C)C)c1. The molecule has 0 aliphatic rings. The number of allylic oxidation sites excluding steroid dienone is 7. The summed E-state index contributed by atoms with van der Waals surface area (Å²) in [5, 5.41) is 0. The van der Waals surface area contributed by atoms with E-state index < -0.39 is 0 Å². The first kappa shape index (κ1) is 17.1. The highest BCUT2D eigenvalue weighted by atomic mass is 32.2. The molecule has 2 N–H and O–H groups in total. The van der Waals surface area contributed by atoms with Crippen LogP contribution >= 0.6 is 12.1 Å². The number of hydrogen-bond acceptors (Lipinski definition) is 2. The molecule has 0 bridgehead atoms. The Morgan fingerprint density at radius 3 is 2.43 bits per heavy atom. The molecule has 1 aromatic carbocycles. The molecule has 3 heteroatoms. The van der Waals surface area contributed by atoms with Crippen molar-refractivity contribution in [1.82, 2.24) is 0 Å². The van der Waals surface area contributed by atoms with Gasteiger partial charge in [-0.05, 0) is 43.2 Å². The molecular formula is C18H20FNS. The van der Waals surface area contributed by atoms with E-state index in [0.29, 0.717) is 16.2 Å². The molecule has 0 saturated heterocycles. The van der Waals surface area contributed by atoms with Crippen LogP contribution in [-0.4, -0.2) is 0 Å². The average Bonchev–Trinajstić information content (AvgIpc) is 2.49. The zero-order chi connectivity index (χ0) is 15.8. The molecule has 0 radical (unpaired) electrons. The van der Waals surface area contributed by atoms with E-state index in [1.54, 1.807) is 24.3 Å². The van der Waals surface area contributed by atoms with Crippen molar-refractivity contribution in [2.45, 2.75) is 18.7 Å². The molecule has 0 aliphatic heterocycles. The molecule has 0 unspecified atom stereocenters. The van der Waals surface area contributed by atoms with Crippen LogP contribution in [0.3, 0.4) is 0 Å². The number of halogens is 1. The molecule has 1 aromatic rings. The lowest BCUT2D eigenvalue weighted by Crippen LogP contribution is -1.99. The van der Waals surface area contributed by atoms with Gasteiger partial charge in [0.2, 0.25) is 0 Å². The first-order valence-corrected chi connectivity index (χ1v) is 7.24. The molecule has 0 fully saturated rings. The largest absolute Gasteiger partial charge is 0.398 e. The number of nitrogens with two attached hydrogens (primary N) is 1. The van der Waals surface area contributed by atoms with Crippen LogP contribution in [0, 0.1) is 0 Å². The molecule has 0 spiro atoms. The maximum absolute atomic E-state index is 13.1. The molecule has 1 nitrogen and oxygen atoms in total. The average molecular weight is 301 g/mol. The van der Waals surface area contributed by atoms with Crippen molar-refractivity contribution in [1.29, 1.82) is 0 Å². The normalized spacial score (nSPS) is 12.0.